The van der Waals surface area contributed by atoms with Gasteiger partial charge in [0, 0.05) is 23.0 Å². The first-order valence-electron chi connectivity index (χ1n) is 8.44. The predicted molar refractivity (Wildman–Crippen MR) is 97.2 cm³/mol. The molecule has 24 heavy (non-hydrogen) atoms. The normalized spacial score (nSPS) is 20.9. The minimum absolute atomic E-state index is 0.222. The maximum Gasteiger partial charge on any atom is 0.407 e. The summed E-state index contributed by atoms with van der Waals surface area (Å²) >= 11 is 1.80. The Hall–Kier alpha value is -1.85. The van der Waals surface area contributed by atoms with Crippen molar-refractivity contribution >= 4 is 17.4 Å². The first kappa shape index (κ1) is 17.0. The summed E-state index contributed by atoms with van der Waals surface area (Å²) in [6.07, 6.45) is 2.67. The van der Waals surface area contributed by atoms with Crippen LogP contribution in [0.25, 0.3) is 0 Å². The molecule has 1 atom stereocenters. The number of hydrogen-bond acceptors (Lipinski definition) is 4. The third kappa shape index (κ3) is 5.08. The monoisotopic (exact) mass is 344 g/mol. The fraction of sp³-hybridized carbons (Fsp3) is 0.421. The highest BCUT2D eigenvalue weighted by molar-refractivity contribution is 7.09. The van der Waals surface area contributed by atoms with Gasteiger partial charge in [0.15, 0.2) is 0 Å². The first-order valence-corrected chi connectivity index (χ1v) is 9.32. The van der Waals surface area contributed by atoms with E-state index in [9.17, 15) is 4.79 Å². The number of nitrogens with one attached hydrogen (secondary N) is 2. The van der Waals surface area contributed by atoms with Crippen molar-refractivity contribution in [3.8, 4) is 0 Å². The van der Waals surface area contributed by atoms with Gasteiger partial charge in [0.1, 0.15) is 6.61 Å². The summed E-state index contributed by atoms with van der Waals surface area (Å²) in [4.78, 5) is 13.2. The maximum absolute atomic E-state index is 11.8. The number of hydrogen-bond donors (Lipinski definition) is 2. The second-order valence-corrected chi connectivity index (χ2v) is 7.45. The number of carbonyl (C=O) groups excluding carboxylic acids is 1. The number of ether oxygens (including phenoxy) is 1. The van der Waals surface area contributed by atoms with Crippen LogP contribution in [-0.4, -0.2) is 24.2 Å². The Labute approximate surface area is 147 Å². The number of benzene rings is 1. The molecule has 1 unspecified atom stereocenters. The van der Waals surface area contributed by atoms with Crippen LogP contribution in [0.15, 0.2) is 47.8 Å². The van der Waals surface area contributed by atoms with Gasteiger partial charge in [-0.15, -0.1) is 11.3 Å². The molecule has 1 aromatic carbocycles. The van der Waals surface area contributed by atoms with E-state index in [1.807, 2.05) is 30.3 Å². The minimum atomic E-state index is -0.325. The summed E-state index contributed by atoms with van der Waals surface area (Å²) in [7, 11) is 0. The van der Waals surface area contributed by atoms with Crippen LogP contribution in [-0.2, 0) is 17.8 Å². The quantitative estimate of drug-likeness (QED) is 0.805. The number of rotatable bonds is 7. The van der Waals surface area contributed by atoms with Crippen LogP contribution in [0.2, 0.25) is 0 Å². The molecule has 1 aliphatic carbocycles. The predicted octanol–water partition coefficient (Wildman–Crippen LogP) is 3.73. The van der Waals surface area contributed by atoms with Crippen LogP contribution in [0.4, 0.5) is 4.79 Å². The lowest BCUT2D eigenvalue weighted by Crippen LogP contribution is -2.54. The molecule has 128 valence electrons. The van der Waals surface area contributed by atoms with Gasteiger partial charge in [-0.05, 0) is 43.2 Å². The molecule has 1 heterocycles. The van der Waals surface area contributed by atoms with Gasteiger partial charge in [0.2, 0.25) is 0 Å². The van der Waals surface area contributed by atoms with E-state index in [0.717, 1.165) is 24.8 Å². The fourth-order valence-corrected chi connectivity index (χ4v) is 3.83. The van der Waals surface area contributed by atoms with Crippen LogP contribution in [0.1, 0.15) is 30.2 Å². The highest BCUT2D eigenvalue weighted by Gasteiger charge is 2.31. The summed E-state index contributed by atoms with van der Waals surface area (Å²) in [5.41, 5.74) is 1.00. The second kappa shape index (κ2) is 8.31. The molecular weight excluding hydrogens is 320 g/mol. The van der Waals surface area contributed by atoms with Crippen molar-refractivity contribution in [2.75, 3.05) is 0 Å². The number of alkyl carbamates (subject to hydrolysis) is 1. The Kier molecular flexibility index (Phi) is 5.88. The van der Waals surface area contributed by atoms with Crippen molar-refractivity contribution in [1.82, 2.24) is 10.6 Å². The largest absolute Gasteiger partial charge is 0.445 e. The van der Waals surface area contributed by atoms with Crippen LogP contribution in [0.3, 0.4) is 0 Å². The Morgan fingerprint density at radius 2 is 2.00 bits per heavy atom. The molecule has 1 aliphatic rings. The number of carbonyl (C=O) groups is 1. The Bertz CT molecular complexity index is 624. The SMILES string of the molecule is CC(Cc1cccs1)NC1CC(NC(=O)OCc2ccccc2)C1. The maximum atomic E-state index is 11.8. The minimum Gasteiger partial charge on any atom is -0.445 e. The Morgan fingerprint density at radius 1 is 1.21 bits per heavy atom. The van der Waals surface area contributed by atoms with Crippen molar-refractivity contribution in [3.05, 3.63) is 58.3 Å². The molecule has 1 saturated carbocycles. The molecule has 0 saturated heterocycles. The average molecular weight is 344 g/mol. The molecular formula is C19H24N2O2S. The van der Waals surface area contributed by atoms with Crippen molar-refractivity contribution in [2.24, 2.45) is 0 Å². The first-order chi connectivity index (χ1) is 11.7. The zero-order valence-electron chi connectivity index (χ0n) is 13.9. The number of amides is 1. The lowest BCUT2D eigenvalue weighted by Gasteiger charge is -2.37. The molecule has 0 bridgehead atoms. The standard InChI is InChI=1S/C19H24N2O2S/c1-14(10-18-8-5-9-24-18)20-16-11-17(12-16)21-19(22)23-13-15-6-3-2-4-7-15/h2-9,14,16-17,20H,10-13H2,1H3,(H,21,22). The molecule has 0 aliphatic heterocycles. The van der Waals surface area contributed by atoms with E-state index in [-0.39, 0.29) is 12.1 Å². The van der Waals surface area contributed by atoms with E-state index in [4.69, 9.17) is 4.74 Å². The molecule has 0 spiro atoms. The third-order valence-corrected chi connectivity index (χ3v) is 5.18. The molecule has 2 aromatic rings. The zero-order valence-corrected chi connectivity index (χ0v) is 14.7. The van der Waals surface area contributed by atoms with Crippen molar-refractivity contribution in [3.63, 3.8) is 0 Å². The third-order valence-electron chi connectivity index (χ3n) is 4.28. The van der Waals surface area contributed by atoms with E-state index in [1.165, 1.54) is 4.88 Å². The summed E-state index contributed by atoms with van der Waals surface area (Å²) in [5, 5.41) is 8.68. The lowest BCUT2D eigenvalue weighted by molar-refractivity contribution is 0.124. The second-order valence-electron chi connectivity index (χ2n) is 6.42. The molecule has 5 heteroatoms. The van der Waals surface area contributed by atoms with Gasteiger partial charge < -0.3 is 15.4 Å². The van der Waals surface area contributed by atoms with Crippen LogP contribution in [0.5, 0.6) is 0 Å². The summed E-state index contributed by atoms with van der Waals surface area (Å²) < 4.78 is 5.25. The fourth-order valence-electron chi connectivity index (χ4n) is 3.00. The number of thiophene rings is 1. The topological polar surface area (TPSA) is 50.4 Å². The van der Waals surface area contributed by atoms with Gasteiger partial charge >= 0.3 is 6.09 Å². The molecule has 3 rings (SSSR count). The Balaban J connectivity index is 1.29. The van der Waals surface area contributed by atoms with Gasteiger partial charge in [-0.25, -0.2) is 4.79 Å². The van der Waals surface area contributed by atoms with Crippen molar-refractivity contribution in [2.45, 2.75) is 50.9 Å². The smallest absolute Gasteiger partial charge is 0.407 e. The summed E-state index contributed by atoms with van der Waals surface area (Å²) in [5.74, 6) is 0. The molecule has 1 aromatic heterocycles. The highest BCUT2D eigenvalue weighted by atomic mass is 32.1. The van der Waals surface area contributed by atoms with Crippen molar-refractivity contribution < 1.29 is 9.53 Å². The summed E-state index contributed by atoms with van der Waals surface area (Å²) in [6, 6.07) is 15.2. The van der Waals surface area contributed by atoms with E-state index in [1.54, 1.807) is 11.3 Å². The van der Waals surface area contributed by atoms with Crippen LogP contribution < -0.4 is 10.6 Å². The van der Waals surface area contributed by atoms with Crippen LogP contribution >= 0.6 is 11.3 Å². The molecule has 2 N–H and O–H groups in total. The van der Waals surface area contributed by atoms with Gasteiger partial charge in [0.25, 0.3) is 0 Å². The Morgan fingerprint density at radius 3 is 2.71 bits per heavy atom. The van der Waals surface area contributed by atoms with E-state index >= 15 is 0 Å². The summed E-state index contributed by atoms with van der Waals surface area (Å²) in [6.45, 7) is 2.54. The van der Waals surface area contributed by atoms with E-state index < -0.39 is 0 Å². The van der Waals surface area contributed by atoms with Crippen LogP contribution in [0, 0.1) is 0 Å². The van der Waals surface area contributed by atoms with Gasteiger partial charge in [-0.2, -0.15) is 0 Å². The van der Waals surface area contributed by atoms with E-state index in [2.05, 4.69) is 35.1 Å². The van der Waals surface area contributed by atoms with Gasteiger partial charge in [0.05, 0.1) is 0 Å². The molecule has 4 nitrogen and oxygen atoms in total. The molecule has 1 fully saturated rings. The van der Waals surface area contributed by atoms with Gasteiger partial charge in [-0.1, -0.05) is 36.4 Å². The van der Waals surface area contributed by atoms with Crippen molar-refractivity contribution in [1.29, 1.82) is 0 Å². The van der Waals surface area contributed by atoms with Gasteiger partial charge in [-0.3, -0.25) is 0 Å². The van der Waals surface area contributed by atoms with E-state index in [0.29, 0.717) is 18.7 Å². The molecule has 0 radical (unpaired) electrons. The highest BCUT2D eigenvalue weighted by Crippen LogP contribution is 2.21. The lowest BCUT2D eigenvalue weighted by atomic mass is 9.86. The molecule has 1 amide bonds. The zero-order chi connectivity index (χ0) is 16.8. The average Bonchev–Trinajstić information content (AvgIpc) is 3.04.